The Kier molecular flexibility index (Phi) is 3.45. The van der Waals surface area contributed by atoms with E-state index in [0.717, 1.165) is 17.9 Å². The molecule has 1 aliphatic heterocycles. The second kappa shape index (κ2) is 4.88. The van der Waals surface area contributed by atoms with Gasteiger partial charge in [0.25, 0.3) is 0 Å². The lowest BCUT2D eigenvalue weighted by Crippen LogP contribution is -2.32. The average molecular weight is 251 g/mol. The third kappa shape index (κ3) is 2.42. The highest BCUT2D eigenvalue weighted by atomic mass is 16.1. The number of anilines is 2. The summed E-state index contributed by atoms with van der Waals surface area (Å²) < 4.78 is 1.89. The maximum atomic E-state index is 11.1. The van der Waals surface area contributed by atoms with Gasteiger partial charge in [-0.25, -0.2) is 4.68 Å². The van der Waals surface area contributed by atoms with Crippen LogP contribution < -0.4 is 16.4 Å². The van der Waals surface area contributed by atoms with Crippen LogP contribution in [0.1, 0.15) is 38.4 Å². The number of aromatic nitrogens is 2. The van der Waals surface area contributed by atoms with Crippen molar-refractivity contribution in [3.63, 3.8) is 0 Å². The number of rotatable bonds is 4. The van der Waals surface area contributed by atoms with Crippen LogP contribution in [0.15, 0.2) is 0 Å². The van der Waals surface area contributed by atoms with Crippen molar-refractivity contribution in [2.24, 2.45) is 0 Å². The Hall–Kier alpha value is -1.72. The predicted molar refractivity (Wildman–Crippen MR) is 71.4 cm³/mol. The molecule has 1 fully saturated rings. The molecule has 6 nitrogen and oxygen atoms in total. The number of amides is 1. The lowest BCUT2D eigenvalue weighted by atomic mass is 10.2. The van der Waals surface area contributed by atoms with Gasteiger partial charge in [-0.05, 0) is 27.2 Å². The van der Waals surface area contributed by atoms with E-state index in [-0.39, 0.29) is 18.0 Å². The molecule has 0 bridgehead atoms. The number of nitrogens with zero attached hydrogens (tertiary/aromatic N) is 2. The van der Waals surface area contributed by atoms with Gasteiger partial charge < -0.3 is 16.4 Å². The molecule has 1 atom stereocenters. The summed E-state index contributed by atoms with van der Waals surface area (Å²) in [6.07, 6.45) is 1.49. The number of nitrogen functional groups attached to an aromatic ring is 1. The van der Waals surface area contributed by atoms with Crippen molar-refractivity contribution in [3.05, 3.63) is 5.69 Å². The van der Waals surface area contributed by atoms with Crippen LogP contribution in [0.4, 0.5) is 11.5 Å². The summed E-state index contributed by atoms with van der Waals surface area (Å²) in [5.74, 6) is 0.979. The van der Waals surface area contributed by atoms with Crippen molar-refractivity contribution < 1.29 is 4.79 Å². The summed E-state index contributed by atoms with van der Waals surface area (Å²) in [4.78, 5) is 11.1. The van der Waals surface area contributed by atoms with Crippen molar-refractivity contribution in [2.75, 3.05) is 17.6 Å². The number of nitrogens with one attached hydrogen (secondary N) is 2. The second-order valence-electron chi connectivity index (χ2n) is 5.07. The summed E-state index contributed by atoms with van der Waals surface area (Å²) in [7, 11) is 0. The van der Waals surface area contributed by atoms with Crippen molar-refractivity contribution in [1.82, 2.24) is 15.1 Å². The molecule has 0 spiro atoms. The number of aryl methyl sites for hydroxylation is 1. The first-order valence-corrected chi connectivity index (χ1v) is 6.37. The van der Waals surface area contributed by atoms with E-state index in [1.165, 1.54) is 0 Å². The molecule has 0 aromatic carbocycles. The molecule has 1 aromatic rings. The van der Waals surface area contributed by atoms with Crippen LogP contribution in [0.2, 0.25) is 0 Å². The van der Waals surface area contributed by atoms with Gasteiger partial charge in [0, 0.05) is 25.0 Å². The summed E-state index contributed by atoms with van der Waals surface area (Å²) in [6, 6.07) is 0.439. The Labute approximate surface area is 107 Å². The smallest absolute Gasteiger partial charge is 0.220 e. The van der Waals surface area contributed by atoms with E-state index in [9.17, 15) is 4.79 Å². The van der Waals surface area contributed by atoms with Crippen LogP contribution in [0, 0.1) is 6.92 Å². The molecule has 1 saturated heterocycles. The predicted octanol–water partition coefficient (Wildman–Crippen LogP) is 1.05. The fourth-order valence-corrected chi connectivity index (χ4v) is 2.16. The zero-order chi connectivity index (χ0) is 13.3. The highest BCUT2D eigenvalue weighted by Gasteiger charge is 2.22. The van der Waals surface area contributed by atoms with Crippen LogP contribution in [0.3, 0.4) is 0 Å². The zero-order valence-electron chi connectivity index (χ0n) is 11.2. The molecule has 100 valence electrons. The lowest BCUT2D eigenvalue weighted by molar-refractivity contribution is -0.119. The Morgan fingerprint density at radius 2 is 2.33 bits per heavy atom. The fourth-order valence-electron chi connectivity index (χ4n) is 2.16. The van der Waals surface area contributed by atoms with Gasteiger partial charge in [0.1, 0.15) is 5.82 Å². The highest BCUT2D eigenvalue weighted by Crippen LogP contribution is 2.25. The van der Waals surface area contributed by atoms with Crippen LogP contribution in [-0.4, -0.2) is 28.3 Å². The normalized spacial score (nSPS) is 19.3. The van der Waals surface area contributed by atoms with Crippen LogP contribution >= 0.6 is 0 Å². The molecular weight excluding hydrogens is 230 g/mol. The minimum atomic E-state index is 0.128. The molecule has 1 amide bonds. The summed E-state index contributed by atoms with van der Waals surface area (Å²) in [5, 5.41) is 10.6. The molecule has 1 unspecified atom stereocenters. The van der Waals surface area contributed by atoms with E-state index in [1.54, 1.807) is 0 Å². The molecular formula is C12H21N5O. The highest BCUT2D eigenvalue weighted by molar-refractivity contribution is 5.78. The monoisotopic (exact) mass is 251 g/mol. The minimum Gasteiger partial charge on any atom is -0.394 e. The molecule has 2 heterocycles. The van der Waals surface area contributed by atoms with Gasteiger partial charge >= 0.3 is 0 Å². The van der Waals surface area contributed by atoms with E-state index >= 15 is 0 Å². The van der Waals surface area contributed by atoms with Gasteiger partial charge in [-0.1, -0.05) is 0 Å². The van der Waals surface area contributed by atoms with Gasteiger partial charge in [0.05, 0.1) is 11.4 Å². The van der Waals surface area contributed by atoms with Crippen molar-refractivity contribution in [3.8, 4) is 0 Å². The molecule has 6 heteroatoms. The number of nitrogens with two attached hydrogens (primary N) is 1. The van der Waals surface area contributed by atoms with E-state index in [4.69, 9.17) is 5.73 Å². The maximum Gasteiger partial charge on any atom is 0.220 e. The van der Waals surface area contributed by atoms with Crippen LogP contribution in [-0.2, 0) is 4.79 Å². The Morgan fingerprint density at radius 1 is 1.61 bits per heavy atom. The number of hydrogen-bond acceptors (Lipinski definition) is 4. The van der Waals surface area contributed by atoms with Gasteiger partial charge in [-0.2, -0.15) is 5.10 Å². The average Bonchev–Trinajstić information content (AvgIpc) is 2.83. The number of hydrogen-bond donors (Lipinski definition) is 3. The summed E-state index contributed by atoms with van der Waals surface area (Å²) in [5.41, 5.74) is 7.54. The van der Waals surface area contributed by atoms with E-state index in [1.807, 2.05) is 11.6 Å². The van der Waals surface area contributed by atoms with Crippen LogP contribution in [0.25, 0.3) is 0 Å². The quantitative estimate of drug-likeness (QED) is 0.746. The fraction of sp³-hybridized carbons (Fsp3) is 0.667. The van der Waals surface area contributed by atoms with Gasteiger partial charge in [-0.15, -0.1) is 0 Å². The topological polar surface area (TPSA) is 85.0 Å². The second-order valence-corrected chi connectivity index (χ2v) is 5.07. The Balaban J connectivity index is 2.06. The van der Waals surface area contributed by atoms with Gasteiger partial charge in [0.2, 0.25) is 5.91 Å². The molecule has 0 aliphatic carbocycles. The van der Waals surface area contributed by atoms with Crippen molar-refractivity contribution >= 4 is 17.4 Å². The van der Waals surface area contributed by atoms with E-state index in [2.05, 4.69) is 29.6 Å². The molecule has 0 saturated carbocycles. The zero-order valence-corrected chi connectivity index (χ0v) is 11.2. The first-order chi connectivity index (χ1) is 8.49. The van der Waals surface area contributed by atoms with Crippen molar-refractivity contribution in [2.45, 2.75) is 45.7 Å². The lowest BCUT2D eigenvalue weighted by Gasteiger charge is -2.16. The van der Waals surface area contributed by atoms with Gasteiger partial charge in [0.15, 0.2) is 0 Å². The minimum absolute atomic E-state index is 0.128. The number of carbonyl (C=O) groups is 1. The summed E-state index contributed by atoms with van der Waals surface area (Å²) in [6.45, 7) is 6.72. The third-order valence-corrected chi connectivity index (χ3v) is 3.22. The van der Waals surface area contributed by atoms with Crippen molar-refractivity contribution in [1.29, 1.82) is 0 Å². The molecule has 1 aromatic heterocycles. The largest absolute Gasteiger partial charge is 0.394 e. The van der Waals surface area contributed by atoms with Gasteiger partial charge in [-0.3, -0.25) is 4.79 Å². The molecule has 1 aliphatic rings. The van der Waals surface area contributed by atoms with E-state index < -0.39 is 0 Å². The molecule has 18 heavy (non-hydrogen) atoms. The standard InChI is InChI=1S/C12H21N5O/c1-7(2)17-12(11(13)8(3)16-17)14-6-9-4-5-10(18)15-9/h7,9,14H,4-6,13H2,1-3H3,(H,15,18). The molecule has 2 rings (SSSR count). The molecule has 4 N–H and O–H groups in total. The summed E-state index contributed by atoms with van der Waals surface area (Å²) >= 11 is 0. The Bertz CT molecular complexity index is 452. The first-order valence-electron chi connectivity index (χ1n) is 6.37. The van der Waals surface area contributed by atoms with E-state index in [0.29, 0.717) is 18.7 Å². The number of carbonyl (C=O) groups excluding carboxylic acids is 1. The Morgan fingerprint density at radius 3 is 2.89 bits per heavy atom. The molecule has 0 radical (unpaired) electrons. The SMILES string of the molecule is Cc1nn(C(C)C)c(NCC2CCC(=O)N2)c1N. The first kappa shape index (κ1) is 12.7. The third-order valence-electron chi connectivity index (χ3n) is 3.22. The maximum absolute atomic E-state index is 11.1. The van der Waals surface area contributed by atoms with Crippen LogP contribution in [0.5, 0.6) is 0 Å².